The first kappa shape index (κ1) is 20.2. The fourth-order valence-electron chi connectivity index (χ4n) is 4.42. The van der Waals surface area contributed by atoms with E-state index in [2.05, 4.69) is 60.4 Å². The summed E-state index contributed by atoms with van der Waals surface area (Å²) in [5, 5.41) is 6.14. The van der Waals surface area contributed by atoms with Gasteiger partial charge < -0.3 is 14.2 Å². The molecule has 0 saturated carbocycles. The molecule has 0 unspecified atom stereocenters. The van der Waals surface area contributed by atoms with Gasteiger partial charge in [0, 0.05) is 22.0 Å². The molecule has 162 valence electrons. The number of benzene rings is 2. The second-order valence-corrected chi connectivity index (χ2v) is 8.55. The summed E-state index contributed by atoms with van der Waals surface area (Å²) in [5.41, 5.74) is 7.80. The van der Waals surface area contributed by atoms with Crippen LogP contribution in [-0.2, 0) is 0 Å². The largest absolute Gasteiger partial charge is 0.496 e. The van der Waals surface area contributed by atoms with Gasteiger partial charge in [-0.2, -0.15) is 0 Å². The van der Waals surface area contributed by atoms with E-state index in [0.717, 1.165) is 67.3 Å². The van der Waals surface area contributed by atoms with Crippen LogP contribution in [0.2, 0.25) is 0 Å². The van der Waals surface area contributed by atoms with E-state index in [1.165, 1.54) is 5.56 Å². The summed E-state index contributed by atoms with van der Waals surface area (Å²) in [7, 11) is 1.69. The van der Waals surface area contributed by atoms with E-state index in [0.29, 0.717) is 5.92 Å². The fraction of sp³-hybridized carbons (Fsp3) is 0.269. The Hall–Kier alpha value is -3.67. The third-order valence-corrected chi connectivity index (χ3v) is 6.01. The lowest BCUT2D eigenvalue weighted by atomic mass is 9.97. The van der Waals surface area contributed by atoms with E-state index >= 15 is 0 Å². The molecule has 5 aromatic rings. The zero-order valence-electron chi connectivity index (χ0n) is 19.2. The number of fused-ring (bicyclic) bond motifs is 3. The Morgan fingerprint density at radius 1 is 1.03 bits per heavy atom. The predicted octanol–water partition coefficient (Wildman–Crippen LogP) is 6.49. The summed E-state index contributed by atoms with van der Waals surface area (Å²) in [6.45, 7) is 10.2. The van der Waals surface area contributed by atoms with Crippen molar-refractivity contribution >= 4 is 21.9 Å². The Labute approximate surface area is 186 Å². The van der Waals surface area contributed by atoms with Gasteiger partial charge in [-0.1, -0.05) is 37.2 Å². The Morgan fingerprint density at radius 3 is 2.53 bits per heavy atom. The van der Waals surface area contributed by atoms with Crippen LogP contribution in [0.4, 0.5) is 0 Å². The van der Waals surface area contributed by atoms with Crippen LogP contribution in [0, 0.1) is 20.8 Å². The van der Waals surface area contributed by atoms with Crippen molar-refractivity contribution in [2.75, 3.05) is 7.11 Å². The van der Waals surface area contributed by atoms with Crippen LogP contribution in [0.3, 0.4) is 0 Å². The lowest BCUT2D eigenvalue weighted by molar-refractivity contribution is 0.393. The quantitative estimate of drug-likeness (QED) is 0.355. The molecule has 5 rings (SSSR count). The van der Waals surface area contributed by atoms with Gasteiger partial charge in [-0.15, -0.1) is 0 Å². The molecule has 0 atom stereocenters. The lowest BCUT2D eigenvalue weighted by Crippen LogP contribution is -1.95. The highest BCUT2D eigenvalue weighted by atomic mass is 16.5. The SMILES string of the molecule is COc1cc2c(cc1-c1c(C)noc1C)[nH]c1nc(C)nc(-c3cccc(C(C)C)c3)c12. The van der Waals surface area contributed by atoms with Crippen molar-refractivity contribution in [3.8, 4) is 28.1 Å². The monoisotopic (exact) mass is 426 g/mol. The van der Waals surface area contributed by atoms with Crippen molar-refractivity contribution in [2.45, 2.75) is 40.5 Å². The minimum atomic E-state index is 0.439. The molecule has 0 spiro atoms. The van der Waals surface area contributed by atoms with Crippen molar-refractivity contribution in [3.63, 3.8) is 0 Å². The molecule has 0 bridgehead atoms. The Kier molecular flexibility index (Phi) is 4.73. The number of ether oxygens (including phenoxy) is 1. The van der Waals surface area contributed by atoms with Gasteiger partial charge in [-0.3, -0.25) is 0 Å². The second-order valence-electron chi connectivity index (χ2n) is 8.55. The van der Waals surface area contributed by atoms with Crippen LogP contribution in [-0.4, -0.2) is 27.2 Å². The molecule has 3 aromatic heterocycles. The zero-order valence-corrected chi connectivity index (χ0v) is 19.2. The maximum Gasteiger partial charge on any atom is 0.142 e. The summed E-state index contributed by atoms with van der Waals surface area (Å²) >= 11 is 0. The molecule has 0 radical (unpaired) electrons. The summed E-state index contributed by atoms with van der Waals surface area (Å²) in [6, 6.07) is 12.7. The molecule has 3 heterocycles. The van der Waals surface area contributed by atoms with Gasteiger partial charge in [0.25, 0.3) is 0 Å². The van der Waals surface area contributed by atoms with E-state index in [1.807, 2.05) is 20.8 Å². The van der Waals surface area contributed by atoms with Crippen molar-refractivity contribution in [2.24, 2.45) is 0 Å². The van der Waals surface area contributed by atoms with Crippen LogP contribution in [0.5, 0.6) is 5.75 Å². The average molecular weight is 427 g/mol. The fourth-order valence-corrected chi connectivity index (χ4v) is 4.42. The highest BCUT2D eigenvalue weighted by Crippen LogP contribution is 2.41. The Morgan fingerprint density at radius 2 is 1.84 bits per heavy atom. The van der Waals surface area contributed by atoms with Crippen LogP contribution in [0.15, 0.2) is 40.9 Å². The van der Waals surface area contributed by atoms with Crippen LogP contribution >= 0.6 is 0 Å². The first-order valence-electron chi connectivity index (χ1n) is 10.8. The number of H-pyrrole nitrogens is 1. The topological polar surface area (TPSA) is 76.8 Å². The Bertz CT molecular complexity index is 1460. The minimum absolute atomic E-state index is 0.439. The van der Waals surface area contributed by atoms with E-state index in [1.54, 1.807) is 7.11 Å². The maximum atomic E-state index is 5.80. The van der Waals surface area contributed by atoms with Crippen molar-refractivity contribution < 1.29 is 9.26 Å². The molecule has 0 saturated heterocycles. The van der Waals surface area contributed by atoms with Crippen LogP contribution in [0.1, 0.15) is 42.6 Å². The number of hydrogen-bond acceptors (Lipinski definition) is 5. The molecule has 0 aliphatic heterocycles. The lowest BCUT2D eigenvalue weighted by Gasteiger charge is -2.11. The van der Waals surface area contributed by atoms with Gasteiger partial charge in [-0.05, 0) is 50.5 Å². The number of methoxy groups -OCH3 is 1. The van der Waals surface area contributed by atoms with Gasteiger partial charge in [0.2, 0.25) is 0 Å². The minimum Gasteiger partial charge on any atom is -0.496 e. The molecule has 0 aliphatic carbocycles. The van der Waals surface area contributed by atoms with E-state index in [9.17, 15) is 0 Å². The summed E-state index contributed by atoms with van der Waals surface area (Å²) < 4.78 is 11.2. The molecule has 0 amide bonds. The number of hydrogen-bond donors (Lipinski definition) is 1. The van der Waals surface area contributed by atoms with Gasteiger partial charge >= 0.3 is 0 Å². The zero-order chi connectivity index (χ0) is 22.6. The number of nitrogens with one attached hydrogen (secondary N) is 1. The summed E-state index contributed by atoms with van der Waals surface area (Å²) in [5.74, 6) is 2.69. The van der Waals surface area contributed by atoms with Crippen LogP contribution in [0.25, 0.3) is 44.3 Å². The maximum absolute atomic E-state index is 5.80. The van der Waals surface area contributed by atoms with E-state index in [-0.39, 0.29) is 0 Å². The number of aromatic amines is 1. The molecule has 6 nitrogen and oxygen atoms in total. The molecule has 6 heteroatoms. The van der Waals surface area contributed by atoms with Crippen molar-refractivity contribution in [1.29, 1.82) is 0 Å². The van der Waals surface area contributed by atoms with Crippen molar-refractivity contribution in [1.82, 2.24) is 20.1 Å². The molecular weight excluding hydrogens is 400 g/mol. The molecule has 0 aliphatic rings. The molecular formula is C26H26N4O2. The van der Waals surface area contributed by atoms with E-state index in [4.69, 9.17) is 19.2 Å². The van der Waals surface area contributed by atoms with Gasteiger partial charge in [0.05, 0.1) is 29.4 Å². The normalized spacial score (nSPS) is 11.7. The first-order chi connectivity index (χ1) is 15.4. The highest BCUT2D eigenvalue weighted by Gasteiger charge is 2.21. The van der Waals surface area contributed by atoms with Crippen LogP contribution < -0.4 is 4.74 Å². The standard InChI is InChI=1S/C26H26N4O2/c1-13(2)17-8-7-9-18(10-17)25-24-19-12-22(31-6)20(23-14(3)30-32-15(23)4)11-21(19)29-26(24)28-16(5)27-25/h7-13H,1-6H3,(H,27,28,29). The number of aromatic nitrogens is 4. The average Bonchev–Trinajstić information content (AvgIpc) is 3.30. The van der Waals surface area contributed by atoms with Crippen molar-refractivity contribution in [3.05, 3.63) is 59.2 Å². The molecule has 2 aromatic carbocycles. The number of nitrogens with zero attached hydrogens (tertiary/aromatic N) is 3. The molecule has 1 N–H and O–H groups in total. The molecule has 32 heavy (non-hydrogen) atoms. The highest BCUT2D eigenvalue weighted by molar-refractivity contribution is 6.13. The van der Waals surface area contributed by atoms with Gasteiger partial charge in [0.15, 0.2) is 0 Å². The predicted molar refractivity (Wildman–Crippen MR) is 127 cm³/mol. The summed E-state index contributed by atoms with van der Waals surface area (Å²) in [6.07, 6.45) is 0. The smallest absolute Gasteiger partial charge is 0.142 e. The van der Waals surface area contributed by atoms with Gasteiger partial charge in [0.1, 0.15) is 23.0 Å². The molecule has 0 fully saturated rings. The number of rotatable bonds is 4. The first-order valence-corrected chi connectivity index (χ1v) is 10.8. The second kappa shape index (κ2) is 7.48. The van der Waals surface area contributed by atoms with Gasteiger partial charge in [-0.25, -0.2) is 9.97 Å². The van der Waals surface area contributed by atoms with E-state index < -0.39 is 0 Å². The summed E-state index contributed by atoms with van der Waals surface area (Å²) in [4.78, 5) is 13.1. The Balaban J connectivity index is 1.83. The third kappa shape index (κ3) is 3.14. The number of aryl methyl sites for hydroxylation is 3. The third-order valence-electron chi connectivity index (χ3n) is 6.01.